The predicted octanol–water partition coefficient (Wildman–Crippen LogP) is 1.80. The minimum absolute atomic E-state index is 2.31. The molecule has 0 saturated carbocycles. The quantitative estimate of drug-likeness (QED) is 0.456. The molecule has 0 bridgehead atoms. The molecule has 0 aliphatic heterocycles. The Labute approximate surface area is 36.7 Å². The van der Waals surface area contributed by atoms with Crippen molar-refractivity contribution >= 4 is 20.2 Å². The van der Waals surface area contributed by atoms with Gasteiger partial charge < -0.3 is 0 Å². The van der Waals surface area contributed by atoms with Gasteiger partial charge in [-0.05, 0) is 0 Å². The van der Waals surface area contributed by atoms with Gasteiger partial charge in [0.1, 0.15) is 0 Å². The molecule has 29 valence electrons. The predicted molar refractivity (Wildman–Crippen MR) is 12.8 cm³/mol. The average Bonchev–Trinajstić information content (AvgIpc) is 0.811. The third-order valence-corrected chi connectivity index (χ3v) is 0. The van der Waals surface area contributed by atoms with Gasteiger partial charge in [0.2, 0.25) is 0 Å². The van der Waals surface area contributed by atoms with E-state index in [9.17, 15) is 3.55 Å². The molecule has 0 saturated heterocycles. The summed E-state index contributed by atoms with van der Waals surface area (Å²) in [5.41, 5.74) is 0. The first-order chi connectivity index (χ1) is 1.73. The van der Waals surface area contributed by atoms with Crippen molar-refractivity contribution in [3.63, 3.8) is 0 Å². The van der Waals surface area contributed by atoms with E-state index >= 15 is 0 Å². The van der Waals surface area contributed by atoms with E-state index in [4.69, 9.17) is 0 Å². The molecule has 0 spiro atoms. The summed E-state index contributed by atoms with van der Waals surface area (Å²) >= 11 is -2.31. The van der Waals surface area contributed by atoms with Crippen molar-refractivity contribution in [3.05, 3.63) is 0 Å². The van der Waals surface area contributed by atoms with Crippen LogP contribution in [0.2, 0.25) is 0 Å². The van der Waals surface area contributed by atoms with Crippen molar-refractivity contribution in [2.24, 2.45) is 0 Å². The van der Waals surface area contributed by atoms with Crippen molar-refractivity contribution in [1.29, 1.82) is 0 Å². The third kappa shape index (κ3) is 11.8. The molecule has 0 radical (unpaired) electrons. The molecular weight excluding hydrogens is 146 g/mol. The Kier molecular flexibility index (Phi) is 2.86. The van der Waals surface area contributed by atoms with E-state index in [0.717, 1.165) is 0 Å². The summed E-state index contributed by atoms with van der Waals surface area (Å²) in [4.78, 5) is 0. The Bertz CT molecular complexity index is 10.8. The molecule has 0 unspecified atom stereocenters. The number of hydrogen-bond acceptors (Lipinski definition) is 0. The zero-order valence-electron chi connectivity index (χ0n) is 1.49. The molecule has 0 atom stereocenters. The number of halogens is 3. The van der Waals surface area contributed by atoms with Gasteiger partial charge in [-0.25, -0.2) is 0 Å². The second-order valence-electron chi connectivity index (χ2n) is 0.152. The van der Waals surface area contributed by atoms with Gasteiger partial charge in [0.25, 0.3) is 0 Å². The summed E-state index contributed by atoms with van der Waals surface area (Å²) in [6, 6.07) is 0. The van der Waals surface area contributed by atoms with Gasteiger partial charge in [-0.3, -0.25) is 0 Å². The fraction of sp³-hybridized carbons (Fsp3) is 0. The van der Waals surface area contributed by atoms with Crippen LogP contribution in [0.4, 0.5) is 3.55 Å². The van der Waals surface area contributed by atoms with Crippen molar-refractivity contribution in [1.82, 2.24) is 0 Å². The van der Waals surface area contributed by atoms with Gasteiger partial charge in [0.05, 0.1) is 0 Å². The van der Waals surface area contributed by atoms with Crippen molar-refractivity contribution in [2.45, 2.75) is 0 Å². The van der Waals surface area contributed by atoms with Crippen LogP contribution >= 0.6 is 20.2 Å². The Morgan fingerprint density at radius 3 is 1.50 bits per heavy atom. The second-order valence-corrected chi connectivity index (χ2v) is 3.12. The van der Waals surface area contributed by atoms with E-state index in [1.54, 1.807) is 0 Å². The first-order valence-electron chi connectivity index (χ1n) is 0.401. The van der Waals surface area contributed by atoms with Crippen LogP contribution in [0.5, 0.6) is 0 Å². The maximum absolute atomic E-state index is 10.6. The van der Waals surface area contributed by atoms with Gasteiger partial charge >= 0.3 is 36.3 Å². The third-order valence-electron chi connectivity index (χ3n) is 0. The number of rotatable bonds is 0. The van der Waals surface area contributed by atoms with Crippen LogP contribution in [0, 0.1) is 0 Å². The molecule has 0 heterocycles. The Balaban J connectivity index is 2.32. The summed E-state index contributed by atoms with van der Waals surface area (Å²) in [5.74, 6) is 0. The van der Waals surface area contributed by atoms with E-state index < -0.39 is 12.5 Å². The summed E-state index contributed by atoms with van der Waals surface area (Å²) in [6.07, 6.45) is 0. The van der Waals surface area contributed by atoms with E-state index in [0.29, 0.717) is 0 Å². The fourth-order valence-corrected chi connectivity index (χ4v) is 0. The summed E-state index contributed by atoms with van der Waals surface area (Å²) in [6.45, 7) is 0. The molecule has 0 aromatic carbocycles. The first-order valence-corrected chi connectivity index (χ1v) is 3.86. The van der Waals surface area contributed by atoms with Crippen LogP contribution < -0.4 is 0 Å². The molecule has 0 aromatic heterocycles. The summed E-state index contributed by atoms with van der Waals surface area (Å²) in [5, 5.41) is 0. The Hall–Kier alpha value is 1.03. The van der Waals surface area contributed by atoms with E-state index in [1.165, 1.54) is 0 Å². The van der Waals surface area contributed by atoms with Gasteiger partial charge in [-0.1, -0.05) is 0 Å². The zero-order valence-corrected chi connectivity index (χ0v) is 4.10. The molecule has 0 fully saturated rings. The molecule has 0 N–H and O–H groups in total. The molecule has 0 aromatic rings. The molecule has 0 rings (SSSR count). The van der Waals surface area contributed by atoms with Crippen LogP contribution in [0.3, 0.4) is 0 Å². The standard InChI is InChI=1S/2ClH.FH.Fe/h3*1H;/q;;;+3/p-3. The summed E-state index contributed by atoms with van der Waals surface area (Å²) < 4.78 is 10.6. The average molecular weight is 146 g/mol. The molecule has 0 nitrogen and oxygen atoms in total. The van der Waals surface area contributed by atoms with Crippen LogP contribution in [-0.4, -0.2) is 0 Å². The molecule has 4 heavy (non-hydrogen) atoms. The fourth-order valence-electron chi connectivity index (χ4n) is 0. The second kappa shape index (κ2) is 2.28. The first kappa shape index (κ1) is 5.03. The SMILES string of the molecule is [F][Fe]([Cl])[Cl]. The normalized spacial score (nSPS) is 11.2. The molecule has 0 aliphatic rings. The minimum atomic E-state index is -2.31. The molecule has 0 amide bonds. The van der Waals surface area contributed by atoms with Gasteiger partial charge in [-0.15, -0.1) is 0 Å². The van der Waals surface area contributed by atoms with Crippen LogP contribution in [0.1, 0.15) is 0 Å². The van der Waals surface area contributed by atoms with Crippen LogP contribution in [0.15, 0.2) is 0 Å². The van der Waals surface area contributed by atoms with E-state index in [1.807, 2.05) is 0 Å². The Morgan fingerprint density at radius 2 is 1.50 bits per heavy atom. The van der Waals surface area contributed by atoms with E-state index in [2.05, 4.69) is 20.2 Å². The molecule has 4 heteroatoms. The number of hydrogen-bond donors (Lipinski definition) is 0. The molecular formula is Cl2FFe. The topological polar surface area (TPSA) is 0 Å². The van der Waals surface area contributed by atoms with Gasteiger partial charge in [0.15, 0.2) is 0 Å². The van der Waals surface area contributed by atoms with Crippen LogP contribution in [-0.2, 0) is 12.5 Å². The van der Waals surface area contributed by atoms with Crippen molar-refractivity contribution < 1.29 is 16.1 Å². The summed E-state index contributed by atoms with van der Waals surface area (Å²) in [7, 11) is 8.91. The molecule has 0 aliphatic carbocycles. The maximum atomic E-state index is 10.6. The monoisotopic (exact) mass is 145 g/mol. The zero-order chi connectivity index (χ0) is 3.58. The van der Waals surface area contributed by atoms with Crippen molar-refractivity contribution in [2.75, 3.05) is 0 Å². The van der Waals surface area contributed by atoms with Crippen LogP contribution in [0.25, 0.3) is 0 Å². The van der Waals surface area contributed by atoms with Crippen molar-refractivity contribution in [3.8, 4) is 0 Å². The van der Waals surface area contributed by atoms with Gasteiger partial charge in [-0.2, -0.15) is 0 Å². The van der Waals surface area contributed by atoms with Gasteiger partial charge in [0, 0.05) is 0 Å². The Morgan fingerprint density at radius 1 is 1.50 bits per heavy atom. The van der Waals surface area contributed by atoms with E-state index in [-0.39, 0.29) is 0 Å².